The molecule has 0 bridgehead atoms. The standard InChI is InChI=1S/C20H24N2O2.ClH/c1-23-18-7-6-15-12-22(11-9-17(15)20(18)24-2)13-16-5-3-4-14-8-10-21-19(14)16;/h3-7,21H,8-13H2,1-2H3;1H. The van der Waals surface area contributed by atoms with Crippen LogP contribution in [0.5, 0.6) is 11.5 Å². The van der Waals surface area contributed by atoms with Crippen LogP contribution in [0.4, 0.5) is 5.69 Å². The highest BCUT2D eigenvalue weighted by molar-refractivity contribution is 5.85. The van der Waals surface area contributed by atoms with Crippen LogP contribution in [0.1, 0.15) is 22.3 Å². The molecule has 2 aromatic rings. The Kier molecular flexibility index (Phi) is 5.40. The van der Waals surface area contributed by atoms with E-state index in [2.05, 4.69) is 34.5 Å². The van der Waals surface area contributed by atoms with Gasteiger partial charge in [-0.2, -0.15) is 0 Å². The average molecular weight is 361 g/mol. The predicted octanol–water partition coefficient (Wildman–Crippen LogP) is 3.65. The van der Waals surface area contributed by atoms with Gasteiger partial charge in [-0.05, 0) is 35.6 Å². The van der Waals surface area contributed by atoms with Crippen molar-refractivity contribution >= 4 is 18.1 Å². The monoisotopic (exact) mass is 360 g/mol. The predicted molar refractivity (Wildman–Crippen MR) is 103 cm³/mol. The summed E-state index contributed by atoms with van der Waals surface area (Å²) < 4.78 is 11.0. The third-order valence-electron chi connectivity index (χ3n) is 5.14. The SMILES string of the molecule is COc1ccc2c(c1OC)CCN(Cc1cccc3c1NCC3)C2.Cl. The van der Waals surface area contributed by atoms with Gasteiger partial charge in [0, 0.05) is 37.4 Å². The summed E-state index contributed by atoms with van der Waals surface area (Å²) >= 11 is 0. The number of ether oxygens (including phenoxy) is 2. The van der Waals surface area contributed by atoms with Crippen molar-refractivity contribution in [2.24, 2.45) is 0 Å². The summed E-state index contributed by atoms with van der Waals surface area (Å²) in [5, 5.41) is 3.55. The molecule has 1 N–H and O–H groups in total. The van der Waals surface area contributed by atoms with E-state index in [1.165, 1.54) is 27.9 Å². The van der Waals surface area contributed by atoms with E-state index >= 15 is 0 Å². The molecule has 0 aliphatic carbocycles. The van der Waals surface area contributed by atoms with Gasteiger partial charge in [-0.25, -0.2) is 0 Å². The van der Waals surface area contributed by atoms with Gasteiger partial charge >= 0.3 is 0 Å². The largest absolute Gasteiger partial charge is 0.493 e. The molecule has 0 unspecified atom stereocenters. The Morgan fingerprint density at radius 1 is 1.04 bits per heavy atom. The highest BCUT2D eigenvalue weighted by Gasteiger charge is 2.23. The normalized spacial score (nSPS) is 15.6. The van der Waals surface area contributed by atoms with E-state index in [-0.39, 0.29) is 12.4 Å². The maximum absolute atomic E-state index is 5.60. The van der Waals surface area contributed by atoms with Gasteiger partial charge in [0.25, 0.3) is 0 Å². The van der Waals surface area contributed by atoms with Crippen molar-refractivity contribution < 1.29 is 9.47 Å². The molecule has 0 amide bonds. The Balaban J connectivity index is 0.00000182. The first-order valence-electron chi connectivity index (χ1n) is 8.60. The van der Waals surface area contributed by atoms with Crippen molar-refractivity contribution in [1.82, 2.24) is 4.90 Å². The minimum Gasteiger partial charge on any atom is -0.493 e. The maximum atomic E-state index is 5.60. The lowest BCUT2D eigenvalue weighted by atomic mass is 9.97. The quantitative estimate of drug-likeness (QED) is 0.902. The molecule has 4 rings (SSSR count). The number of hydrogen-bond donors (Lipinski definition) is 1. The van der Waals surface area contributed by atoms with E-state index in [1.54, 1.807) is 14.2 Å². The number of nitrogens with zero attached hydrogens (tertiary/aromatic N) is 1. The number of halogens is 1. The third-order valence-corrected chi connectivity index (χ3v) is 5.14. The molecule has 0 saturated heterocycles. The minimum absolute atomic E-state index is 0. The molecule has 2 aliphatic rings. The van der Waals surface area contributed by atoms with Crippen LogP contribution in [0.15, 0.2) is 30.3 Å². The summed E-state index contributed by atoms with van der Waals surface area (Å²) in [7, 11) is 3.42. The molecule has 0 aromatic heterocycles. The van der Waals surface area contributed by atoms with Crippen molar-refractivity contribution in [1.29, 1.82) is 0 Å². The van der Waals surface area contributed by atoms with Gasteiger partial charge in [0.15, 0.2) is 11.5 Å². The summed E-state index contributed by atoms with van der Waals surface area (Å²) in [5.41, 5.74) is 6.87. The highest BCUT2D eigenvalue weighted by atomic mass is 35.5. The topological polar surface area (TPSA) is 33.7 Å². The van der Waals surface area contributed by atoms with Crippen LogP contribution in [0, 0.1) is 0 Å². The van der Waals surface area contributed by atoms with Crippen LogP contribution in [0.25, 0.3) is 0 Å². The first-order valence-corrected chi connectivity index (χ1v) is 8.60. The van der Waals surface area contributed by atoms with E-state index in [9.17, 15) is 0 Å². The van der Waals surface area contributed by atoms with Crippen molar-refractivity contribution in [2.45, 2.75) is 25.9 Å². The van der Waals surface area contributed by atoms with Crippen LogP contribution in [0.2, 0.25) is 0 Å². The van der Waals surface area contributed by atoms with Gasteiger partial charge in [0.05, 0.1) is 14.2 Å². The summed E-state index contributed by atoms with van der Waals surface area (Å²) in [6.45, 7) is 4.05. The second-order valence-electron chi connectivity index (χ2n) is 6.53. The molecule has 5 heteroatoms. The molecule has 25 heavy (non-hydrogen) atoms. The van der Waals surface area contributed by atoms with Crippen LogP contribution in [-0.2, 0) is 25.9 Å². The summed E-state index contributed by atoms with van der Waals surface area (Å²) in [6, 6.07) is 10.9. The van der Waals surface area contributed by atoms with Crippen molar-refractivity contribution in [3.05, 3.63) is 52.6 Å². The Morgan fingerprint density at radius 3 is 2.72 bits per heavy atom. The fraction of sp³-hybridized carbons (Fsp3) is 0.400. The number of rotatable bonds is 4. The lowest BCUT2D eigenvalue weighted by Crippen LogP contribution is -2.30. The van der Waals surface area contributed by atoms with Crippen molar-refractivity contribution in [3.8, 4) is 11.5 Å². The second kappa shape index (κ2) is 7.54. The molecule has 0 spiro atoms. The summed E-state index contributed by atoms with van der Waals surface area (Å²) in [6.07, 6.45) is 2.14. The van der Waals surface area contributed by atoms with Crippen molar-refractivity contribution in [2.75, 3.05) is 32.6 Å². The molecular weight excluding hydrogens is 336 g/mol. The first-order chi connectivity index (χ1) is 11.8. The molecule has 0 atom stereocenters. The number of hydrogen-bond acceptors (Lipinski definition) is 4. The molecule has 2 heterocycles. The van der Waals surface area contributed by atoms with Gasteiger partial charge in [0.2, 0.25) is 0 Å². The molecular formula is C20H25ClN2O2. The zero-order chi connectivity index (χ0) is 16.5. The maximum Gasteiger partial charge on any atom is 0.164 e. The summed E-state index contributed by atoms with van der Waals surface area (Å²) in [5.74, 6) is 1.73. The Bertz CT molecular complexity index is 764. The minimum atomic E-state index is 0. The van der Waals surface area contributed by atoms with E-state index in [4.69, 9.17) is 9.47 Å². The molecule has 0 fully saturated rings. The zero-order valence-corrected chi connectivity index (χ0v) is 15.6. The van der Waals surface area contributed by atoms with E-state index in [0.29, 0.717) is 0 Å². The smallest absolute Gasteiger partial charge is 0.164 e. The Labute approximate surface area is 155 Å². The van der Waals surface area contributed by atoms with E-state index in [0.717, 1.165) is 50.5 Å². The lowest BCUT2D eigenvalue weighted by Gasteiger charge is -2.30. The van der Waals surface area contributed by atoms with Gasteiger partial charge in [-0.3, -0.25) is 4.90 Å². The fourth-order valence-electron chi connectivity index (χ4n) is 3.96. The molecule has 0 radical (unpaired) electrons. The van der Waals surface area contributed by atoms with Crippen molar-refractivity contribution in [3.63, 3.8) is 0 Å². The molecule has 134 valence electrons. The van der Waals surface area contributed by atoms with E-state index < -0.39 is 0 Å². The number of fused-ring (bicyclic) bond motifs is 2. The van der Waals surface area contributed by atoms with Gasteiger partial charge in [-0.15, -0.1) is 12.4 Å². The van der Waals surface area contributed by atoms with E-state index in [1.807, 2.05) is 6.07 Å². The zero-order valence-electron chi connectivity index (χ0n) is 14.8. The number of para-hydroxylation sites is 1. The summed E-state index contributed by atoms with van der Waals surface area (Å²) in [4.78, 5) is 2.52. The van der Waals surface area contributed by atoms with Crippen LogP contribution in [0.3, 0.4) is 0 Å². The average Bonchev–Trinajstić information content (AvgIpc) is 3.10. The third kappa shape index (κ3) is 3.29. The number of nitrogens with one attached hydrogen (secondary N) is 1. The number of methoxy groups -OCH3 is 2. The number of anilines is 1. The highest BCUT2D eigenvalue weighted by Crippen LogP contribution is 2.37. The molecule has 2 aromatic carbocycles. The number of benzene rings is 2. The molecule has 2 aliphatic heterocycles. The van der Waals surface area contributed by atoms with Crippen LogP contribution in [-0.4, -0.2) is 32.2 Å². The molecule has 0 saturated carbocycles. The fourth-order valence-corrected chi connectivity index (χ4v) is 3.96. The first kappa shape index (κ1) is 17.9. The van der Waals surface area contributed by atoms with Gasteiger partial charge in [-0.1, -0.05) is 24.3 Å². The molecule has 4 nitrogen and oxygen atoms in total. The Morgan fingerprint density at radius 2 is 1.92 bits per heavy atom. The van der Waals surface area contributed by atoms with Gasteiger partial charge < -0.3 is 14.8 Å². The van der Waals surface area contributed by atoms with Crippen LogP contribution >= 0.6 is 12.4 Å². The van der Waals surface area contributed by atoms with Crippen LogP contribution < -0.4 is 14.8 Å². The lowest BCUT2D eigenvalue weighted by molar-refractivity contribution is 0.241. The second-order valence-corrected chi connectivity index (χ2v) is 6.53. The van der Waals surface area contributed by atoms with Gasteiger partial charge in [0.1, 0.15) is 0 Å². The Hall–Kier alpha value is -1.91.